The van der Waals surface area contributed by atoms with Gasteiger partial charge in [0.05, 0.1) is 12.5 Å². The van der Waals surface area contributed by atoms with E-state index in [1.807, 2.05) is 31.2 Å². The van der Waals surface area contributed by atoms with E-state index in [4.69, 9.17) is 4.74 Å². The first-order chi connectivity index (χ1) is 16.1. The molecule has 1 atom stereocenters. The zero-order chi connectivity index (χ0) is 23.0. The molecule has 7 heteroatoms. The summed E-state index contributed by atoms with van der Waals surface area (Å²) >= 11 is 1.62. The number of carbonyl (C=O) groups excluding carboxylic acids is 1. The first kappa shape index (κ1) is 23.1. The van der Waals surface area contributed by atoms with Crippen LogP contribution >= 0.6 is 11.8 Å². The molecule has 0 aliphatic carbocycles. The third-order valence-electron chi connectivity index (χ3n) is 5.67. The van der Waals surface area contributed by atoms with Crippen molar-refractivity contribution >= 4 is 23.5 Å². The number of aromatic nitrogens is 2. The highest BCUT2D eigenvalue weighted by molar-refractivity contribution is 7.99. The van der Waals surface area contributed by atoms with Crippen LogP contribution in [0.25, 0.3) is 0 Å². The molecule has 1 saturated heterocycles. The summed E-state index contributed by atoms with van der Waals surface area (Å²) in [6.07, 6.45) is 5.27. The number of nitrogens with one attached hydrogen (secondary N) is 1. The second-order valence-corrected chi connectivity index (χ2v) is 9.21. The zero-order valence-electron chi connectivity index (χ0n) is 19.2. The lowest BCUT2D eigenvalue weighted by Gasteiger charge is -2.33. The number of nitrogens with zero attached hydrogens (tertiary/aromatic N) is 3. The fourth-order valence-corrected chi connectivity index (χ4v) is 5.06. The molecule has 1 aromatic heterocycles. The number of amides is 1. The van der Waals surface area contributed by atoms with E-state index in [-0.39, 0.29) is 11.8 Å². The molecule has 6 nitrogen and oxygen atoms in total. The summed E-state index contributed by atoms with van der Waals surface area (Å²) in [6.45, 7) is 6.62. The standard InChI is InChI=1S/C26H30N4O2S/c1-3-32-23-12-5-4-9-20(23)17-29-25(31)21-10-7-15-30(18-21)24-26(28-14-13-27-24)33-22-11-6-8-19(2)16-22/h4-6,8-9,11-14,16,21H,3,7,10,15,17-18H2,1-2H3,(H,29,31)/t21-/m1/s1. The molecule has 3 aromatic rings. The second kappa shape index (κ2) is 11.2. The first-order valence-corrected chi connectivity index (χ1v) is 12.2. The third-order valence-corrected chi connectivity index (χ3v) is 6.64. The van der Waals surface area contributed by atoms with E-state index in [0.29, 0.717) is 19.7 Å². The Morgan fingerprint density at radius 2 is 2.03 bits per heavy atom. The predicted octanol–water partition coefficient (Wildman–Crippen LogP) is 4.87. The summed E-state index contributed by atoms with van der Waals surface area (Å²) in [4.78, 5) is 25.6. The molecule has 1 aliphatic rings. The largest absolute Gasteiger partial charge is 0.494 e. The van der Waals surface area contributed by atoms with E-state index in [9.17, 15) is 4.79 Å². The van der Waals surface area contributed by atoms with Crippen LogP contribution in [0.1, 0.15) is 30.9 Å². The van der Waals surface area contributed by atoms with Gasteiger partial charge in [-0.15, -0.1) is 0 Å². The average molecular weight is 463 g/mol. The summed E-state index contributed by atoms with van der Waals surface area (Å²) in [5.41, 5.74) is 2.21. The molecule has 0 saturated carbocycles. The molecule has 33 heavy (non-hydrogen) atoms. The minimum Gasteiger partial charge on any atom is -0.494 e. The van der Waals surface area contributed by atoms with E-state index in [2.05, 4.69) is 51.4 Å². The summed E-state index contributed by atoms with van der Waals surface area (Å²) in [7, 11) is 0. The lowest BCUT2D eigenvalue weighted by molar-refractivity contribution is -0.125. The molecule has 1 fully saturated rings. The molecule has 1 amide bonds. The highest BCUT2D eigenvalue weighted by Gasteiger charge is 2.28. The number of benzene rings is 2. The van der Waals surface area contributed by atoms with E-state index in [1.54, 1.807) is 24.2 Å². The number of piperidine rings is 1. The van der Waals surface area contributed by atoms with Crippen molar-refractivity contribution in [3.63, 3.8) is 0 Å². The van der Waals surface area contributed by atoms with Gasteiger partial charge in [-0.2, -0.15) is 0 Å². The summed E-state index contributed by atoms with van der Waals surface area (Å²) in [5.74, 6) is 1.66. The summed E-state index contributed by atoms with van der Waals surface area (Å²) in [5, 5.41) is 3.98. The van der Waals surface area contributed by atoms with Crippen molar-refractivity contribution in [1.82, 2.24) is 15.3 Å². The van der Waals surface area contributed by atoms with Gasteiger partial charge >= 0.3 is 0 Å². The molecule has 172 valence electrons. The number of rotatable bonds is 8. The van der Waals surface area contributed by atoms with Crippen LogP contribution in [0.4, 0.5) is 5.82 Å². The molecular formula is C26H30N4O2S. The number of ether oxygens (including phenoxy) is 1. The van der Waals surface area contributed by atoms with Gasteiger partial charge < -0.3 is 15.0 Å². The average Bonchev–Trinajstić information content (AvgIpc) is 2.84. The Morgan fingerprint density at radius 1 is 1.18 bits per heavy atom. The first-order valence-electron chi connectivity index (χ1n) is 11.4. The molecule has 1 N–H and O–H groups in total. The molecule has 2 heterocycles. The van der Waals surface area contributed by atoms with Crippen LogP contribution in [-0.4, -0.2) is 35.6 Å². The third kappa shape index (κ3) is 6.05. The Kier molecular flexibility index (Phi) is 7.83. The van der Waals surface area contributed by atoms with Gasteiger partial charge in [0.15, 0.2) is 5.82 Å². The zero-order valence-corrected chi connectivity index (χ0v) is 20.0. The molecule has 2 aromatic carbocycles. The topological polar surface area (TPSA) is 67.3 Å². The van der Waals surface area contributed by atoms with Gasteiger partial charge in [-0.25, -0.2) is 9.97 Å². The quantitative estimate of drug-likeness (QED) is 0.515. The van der Waals surface area contributed by atoms with E-state index < -0.39 is 0 Å². The lowest BCUT2D eigenvalue weighted by atomic mass is 9.97. The van der Waals surface area contributed by atoms with Crippen molar-refractivity contribution in [3.8, 4) is 5.75 Å². The minimum atomic E-state index is -0.0863. The Bertz CT molecular complexity index is 1090. The molecule has 0 radical (unpaired) electrons. The Labute approximate surface area is 199 Å². The van der Waals surface area contributed by atoms with Crippen LogP contribution in [0.2, 0.25) is 0 Å². The Balaban J connectivity index is 1.42. The summed E-state index contributed by atoms with van der Waals surface area (Å²) in [6, 6.07) is 16.2. The van der Waals surface area contributed by atoms with Gasteiger partial charge in [0.2, 0.25) is 5.91 Å². The van der Waals surface area contributed by atoms with E-state index in [1.165, 1.54) is 5.56 Å². The SMILES string of the molecule is CCOc1ccccc1CNC(=O)[C@@H]1CCCN(c2nccnc2Sc2cccc(C)c2)C1. The number of anilines is 1. The maximum Gasteiger partial charge on any atom is 0.225 e. The number of carbonyl (C=O) groups is 1. The number of hydrogen-bond acceptors (Lipinski definition) is 6. The fraction of sp³-hybridized carbons (Fsp3) is 0.346. The normalized spacial score (nSPS) is 15.8. The van der Waals surface area contributed by atoms with Crippen molar-refractivity contribution in [2.24, 2.45) is 5.92 Å². The molecule has 4 rings (SSSR count). The highest BCUT2D eigenvalue weighted by atomic mass is 32.2. The predicted molar refractivity (Wildman–Crippen MR) is 132 cm³/mol. The van der Waals surface area contributed by atoms with E-state index >= 15 is 0 Å². The number of aryl methyl sites for hydroxylation is 1. The second-order valence-electron chi connectivity index (χ2n) is 8.15. The minimum absolute atomic E-state index is 0.0720. The summed E-state index contributed by atoms with van der Waals surface area (Å²) < 4.78 is 5.68. The smallest absolute Gasteiger partial charge is 0.225 e. The van der Waals surface area contributed by atoms with Crippen LogP contribution in [0.3, 0.4) is 0 Å². The van der Waals surface area contributed by atoms with Gasteiger partial charge in [-0.1, -0.05) is 47.7 Å². The van der Waals surface area contributed by atoms with Crippen LogP contribution in [-0.2, 0) is 11.3 Å². The van der Waals surface area contributed by atoms with Gasteiger partial charge in [-0.05, 0) is 44.9 Å². The lowest BCUT2D eigenvalue weighted by Crippen LogP contribution is -2.43. The Hall–Kier alpha value is -3.06. The van der Waals surface area contributed by atoms with Crippen molar-refractivity contribution < 1.29 is 9.53 Å². The van der Waals surface area contributed by atoms with Crippen molar-refractivity contribution in [2.45, 2.75) is 43.2 Å². The maximum absolute atomic E-state index is 13.0. The number of hydrogen-bond donors (Lipinski definition) is 1. The molecule has 0 unspecified atom stereocenters. The van der Waals surface area contributed by atoms with Gasteiger partial charge in [0, 0.05) is 42.5 Å². The molecule has 0 bridgehead atoms. The molecule has 1 aliphatic heterocycles. The van der Waals surface area contributed by atoms with Crippen LogP contribution in [0, 0.1) is 12.8 Å². The highest BCUT2D eigenvalue weighted by Crippen LogP contribution is 2.34. The van der Waals surface area contributed by atoms with Crippen molar-refractivity contribution in [3.05, 3.63) is 72.1 Å². The van der Waals surface area contributed by atoms with Gasteiger partial charge in [0.1, 0.15) is 10.8 Å². The Morgan fingerprint density at radius 3 is 2.88 bits per heavy atom. The van der Waals surface area contributed by atoms with Gasteiger partial charge in [0.25, 0.3) is 0 Å². The fourth-order valence-electron chi connectivity index (χ4n) is 4.05. The van der Waals surface area contributed by atoms with E-state index in [0.717, 1.165) is 46.4 Å². The maximum atomic E-state index is 13.0. The molecular weight excluding hydrogens is 432 g/mol. The van der Waals surface area contributed by atoms with Crippen molar-refractivity contribution in [1.29, 1.82) is 0 Å². The van der Waals surface area contributed by atoms with Crippen molar-refractivity contribution in [2.75, 3.05) is 24.6 Å². The van der Waals surface area contributed by atoms with Crippen LogP contribution in [0.5, 0.6) is 5.75 Å². The van der Waals surface area contributed by atoms with Crippen LogP contribution in [0.15, 0.2) is 70.8 Å². The molecule has 0 spiro atoms. The number of para-hydroxylation sites is 1. The monoisotopic (exact) mass is 462 g/mol. The van der Waals surface area contributed by atoms with Gasteiger partial charge in [-0.3, -0.25) is 4.79 Å². The van der Waals surface area contributed by atoms with Crippen LogP contribution < -0.4 is 15.0 Å².